The first-order valence-corrected chi connectivity index (χ1v) is 18.1. The fraction of sp³-hybridized carbons (Fsp3) is 0.0465. The number of hydrogen-bond acceptors (Lipinski definition) is 6. The van der Waals surface area contributed by atoms with Crippen LogP contribution in [0.3, 0.4) is 0 Å². The van der Waals surface area contributed by atoms with Gasteiger partial charge in [0.2, 0.25) is 0 Å². The van der Waals surface area contributed by atoms with Crippen molar-refractivity contribution in [2.24, 2.45) is 0 Å². The minimum Gasteiger partial charge on any atom is -0.308 e. The largest absolute Gasteiger partial charge is 0.308 e. The number of para-hydroxylation sites is 1. The molecule has 1 spiro atoms. The van der Waals surface area contributed by atoms with Gasteiger partial charge in [-0.2, -0.15) is 0 Å². The van der Waals surface area contributed by atoms with E-state index in [-0.39, 0.29) is 0 Å². The second-order valence-corrected chi connectivity index (χ2v) is 14.3. The third-order valence-electron chi connectivity index (χ3n) is 9.74. The first-order chi connectivity index (χ1) is 24.3. The average molecular weight is 665 g/mol. The van der Waals surface area contributed by atoms with Crippen LogP contribution >= 0.6 is 22.7 Å². The first-order valence-electron chi connectivity index (χ1n) is 16.4. The highest BCUT2D eigenvalue weighted by Gasteiger charge is 2.52. The van der Waals surface area contributed by atoms with Crippen molar-refractivity contribution in [1.82, 2.24) is 15.0 Å². The van der Waals surface area contributed by atoms with E-state index in [0.717, 1.165) is 23.1 Å². The molecule has 0 saturated carbocycles. The van der Waals surface area contributed by atoms with E-state index in [1.807, 2.05) is 59.1 Å². The van der Waals surface area contributed by atoms with E-state index in [0.29, 0.717) is 17.5 Å². The summed E-state index contributed by atoms with van der Waals surface area (Å²) in [4.78, 5) is 20.3. The second kappa shape index (κ2) is 11.2. The van der Waals surface area contributed by atoms with Crippen LogP contribution in [0.4, 0.5) is 17.1 Å². The Bertz CT molecular complexity index is 2390. The fourth-order valence-corrected chi connectivity index (χ4v) is 9.93. The molecule has 0 atom stereocenters. The Labute approximate surface area is 292 Å². The maximum Gasteiger partial charge on any atom is 0.164 e. The minimum absolute atomic E-state index is 0.476. The van der Waals surface area contributed by atoms with Gasteiger partial charge in [0.1, 0.15) is 0 Å². The van der Waals surface area contributed by atoms with Crippen molar-refractivity contribution in [1.29, 1.82) is 0 Å². The van der Waals surface area contributed by atoms with Crippen molar-refractivity contribution >= 4 is 39.7 Å². The number of hydrogen-bond donors (Lipinski definition) is 0. The Kier molecular flexibility index (Phi) is 6.47. The molecule has 10 rings (SSSR count). The third-order valence-corrected chi connectivity index (χ3v) is 11.8. The van der Waals surface area contributed by atoms with Crippen molar-refractivity contribution in [3.63, 3.8) is 0 Å². The molecule has 49 heavy (non-hydrogen) atoms. The first kappa shape index (κ1) is 28.3. The van der Waals surface area contributed by atoms with Crippen LogP contribution in [-0.4, -0.2) is 15.0 Å². The highest BCUT2D eigenvalue weighted by atomic mass is 32.1. The Morgan fingerprint density at radius 2 is 0.980 bits per heavy atom. The topological polar surface area (TPSA) is 41.9 Å². The summed E-state index contributed by atoms with van der Waals surface area (Å²) in [5.74, 6) is 2.00. The number of aromatic nitrogens is 3. The number of anilines is 3. The lowest BCUT2D eigenvalue weighted by Crippen LogP contribution is -2.39. The normalized spacial score (nSPS) is 13.8. The Balaban J connectivity index is 1.24. The van der Waals surface area contributed by atoms with Gasteiger partial charge in [0.25, 0.3) is 0 Å². The van der Waals surface area contributed by atoms with Crippen molar-refractivity contribution in [3.05, 3.63) is 188 Å². The molecule has 3 aromatic heterocycles. The standard InChI is InChI=1S/C43H28N4S2/c1-4-12-28(13-5-1)40-44-41(29-14-6-2-7-15-29)46-42(45-40)32-21-20-31-26-30-16-10-11-19-34(30)43(35(31)27-32)38-36(22-24-48-38)47(33-17-8-3-9-18-33)37-23-25-49-39(37)43/h1-25,27H,26H2. The Morgan fingerprint density at radius 3 is 1.59 bits per heavy atom. The molecule has 4 nitrogen and oxygen atoms in total. The zero-order valence-corrected chi connectivity index (χ0v) is 28.0. The van der Waals surface area contributed by atoms with Gasteiger partial charge in [-0.25, -0.2) is 15.0 Å². The smallest absolute Gasteiger partial charge is 0.164 e. The van der Waals surface area contributed by atoms with Crippen molar-refractivity contribution in [3.8, 4) is 34.2 Å². The molecule has 232 valence electrons. The minimum atomic E-state index is -0.476. The molecule has 0 unspecified atom stereocenters. The molecule has 0 fully saturated rings. The molecule has 0 amide bonds. The van der Waals surface area contributed by atoms with Crippen LogP contribution in [0, 0.1) is 0 Å². The summed E-state index contributed by atoms with van der Waals surface area (Å²) >= 11 is 3.70. The predicted octanol–water partition coefficient (Wildman–Crippen LogP) is 11.1. The quantitative estimate of drug-likeness (QED) is 0.188. The zero-order chi connectivity index (χ0) is 32.4. The summed E-state index contributed by atoms with van der Waals surface area (Å²) in [6.07, 6.45) is 0.874. The number of benzene rings is 5. The molecule has 1 aliphatic carbocycles. The molecular weight excluding hydrogens is 637 g/mol. The van der Waals surface area contributed by atoms with Gasteiger partial charge in [0.05, 0.1) is 16.8 Å². The van der Waals surface area contributed by atoms with Crippen LogP contribution in [0.25, 0.3) is 34.2 Å². The van der Waals surface area contributed by atoms with E-state index in [9.17, 15) is 0 Å². The number of fused-ring (bicyclic) bond motifs is 8. The lowest BCUT2D eigenvalue weighted by molar-refractivity contribution is 0.723. The van der Waals surface area contributed by atoms with Gasteiger partial charge in [0, 0.05) is 32.1 Å². The van der Waals surface area contributed by atoms with E-state index in [1.165, 1.54) is 49.1 Å². The maximum atomic E-state index is 5.12. The van der Waals surface area contributed by atoms with Crippen LogP contribution in [0.1, 0.15) is 32.0 Å². The monoisotopic (exact) mass is 664 g/mol. The Hall–Kier alpha value is -5.69. The van der Waals surface area contributed by atoms with Crippen LogP contribution in [0.15, 0.2) is 156 Å². The van der Waals surface area contributed by atoms with Crippen LogP contribution in [0.2, 0.25) is 0 Å². The van der Waals surface area contributed by atoms with Crippen molar-refractivity contribution in [2.45, 2.75) is 11.8 Å². The summed E-state index contributed by atoms with van der Waals surface area (Å²) in [6.45, 7) is 0. The van der Waals surface area contributed by atoms with Crippen LogP contribution < -0.4 is 4.90 Å². The van der Waals surface area contributed by atoms with Gasteiger partial charge >= 0.3 is 0 Å². The van der Waals surface area contributed by atoms with E-state index in [4.69, 9.17) is 15.0 Å². The second-order valence-electron chi connectivity index (χ2n) is 12.4. The summed E-state index contributed by atoms with van der Waals surface area (Å²) < 4.78 is 0. The lowest BCUT2D eigenvalue weighted by Gasteiger charge is -2.46. The summed E-state index contributed by atoms with van der Waals surface area (Å²) in [7, 11) is 0. The molecule has 0 N–H and O–H groups in total. The fourth-order valence-electron chi connectivity index (χ4n) is 7.64. The van der Waals surface area contributed by atoms with Crippen molar-refractivity contribution in [2.75, 3.05) is 4.90 Å². The van der Waals surface area contributed by atoms with Crippen molar-refractivity contribution < 1.29 is 0 Å². The van der Waals surface area contributed by atoms with E-state index in [2.05, 4.69) is 125 Å². The number of rotatable bonds is 4. The van der Waals surface area contributed by atoms with Crippen LogP contribution in [0.5, 0.6) is 0 Å². The molecular formula is C43H28N4S2. The van der Waals surface area contributed by atoms with Crippen LogP contribution in [-0.2, 0) is 11.8 Å². The van der Waals surface area contributed by atoms with Gasteiger partial charge < -0.3 is 4.90 Å². The molecule has 0 bridgehead atoms. The van der Waals surface area contributed by atoms with E-state index in [1.54, 1.807) is 0 Å². The van der Waals surface area contributed by atoms with Gasteiger partial charge in [-0.05, 0) is 69.8 Å². The van der Waals surface area contributed by atoms with Gasteiger partial charge in [-0.1, -0.05) is 115 Å². The average Bonchev–Trinajstić information content (AvgIpc) is 3.87. The molecule has 2 aliphatic rings. The maximum absolute atomic E-state index is 5.12. The zero-order valence-electron chi connectivity index (χ0n) is 26.3. The van der Waals surface area contributed by atoms with Gasteiger partial charge in [0.15, 0.2) is 17.5 Å². The highest BCUT2D eigenvalue weighted by Crippen LogP contribution is 2.63. The molecule has 6 heteroatoms. The number of nitrogens with zero attached hydrogens (tertiary/aromatic N) is 4. The summed E-state index contributed by atoms with van der Waals surface area (Å²) in [6, 6.07) is 51.6. The number of thiophene rings is 2. The molecule has 0 saturated heterocycles. The Morgan fingerprint density at radius 1 is 0.469 bits per heavy atom. The van der Waals surface area contributed by atoms with E-state index < -0.39 is 5.41 Å². The third kappa shape index (κ3) is 4.31. The SMILES string of the molecule is c1ccc(-c2nc(-c3ccccc3)nc(-c3ccc4c(c3)C3(c5ccccc5C4)c4sccc4N(c4ccccc4)c4ccsc43)n2)cc1. The lowest BCUT2D eigenvalue weighted by atomic mass is 9.63. The molecule has 8 aromatic rings. The predicted molar refractivity (Wildman–Crippen MR) is 201 cm³/mol. The molecule has 5 aromatic carbocycles. The van der Waals surface area contributed by atoms with Gasteiger partial charge in [-0.3, -0.25) is 0 Å². The van der Waals surface area contributed by atoms with E-state index >= 15 is 0 Å². The highest BCUT2D eigenvalue weighted by molar-refractivity contribution is 7.13. The summed E-state index contributed by atoms with van der Waals surface area (Å²) in [5.41, 5.74) is 11.4. The van der Waals surface area contributed by atoms with Gasteiger partial charge in [-0.15, -0.1) is 22.7 Å². The summed E-state index contributed by atoms with van der Waals surface area (Å²) in [5, 5.41) is 4.51. The molecule has 0 radical (unpaired) electrons. The molecule has 1 aliphatic heterocycles. The molecule has 4 heterocycles.